The maximum absolute atomic E-state index is 9.93. The molecule has 0 saturated heterocycles. The van der Waals surface area contributed by atoms with E-state index in [2.05, 4.69) is 20.8 Å². The Balaban J connectivity index is 2.89. The lowest BCUT2D eigenvalue weighted by atomic mass is 10.2. The minimum atomic E-state index is -0.836. The van der Waals surface area contributed by atoms with E-state index in [0.29, 0.717) is 0 Å². The van der Waals surface area contributed by atoms with Crippen LogP contribution < -0.4 is 4.84 Å². The molecule has 1 aromatic carbocycles. The molecule has 0 bridgehead atoms. The van der Waals surface area contributed by atoms with Crippen molar-refractivity contribution in [2.45, 2.75) is 6.92 Å². The zero-order valence-corrected chi connectivity index (χ0v) is 7.87. The Hall–Kier alpha value is -1.10. The standard InChI is InChI=1S/C7H6BrNO3/c1-5-2-3-6(4-7(5)8)12-9(10)11/h2-4H,1H3. The maximum Gasteiger partial charge on any atom is 0.299 e. The third-order valence-corrected chi connectivity index (χ3v) is 2.18. The first-order chi connectivity index (χ1) is 5.59. The molecule has 4 nitrogen and oxygen atoms in total. The Morgan fingerprint density at radius 1 is 1.58 bits per heavy atom. The monoisotopic (exact) mass is 231 g/mol. The molecule has 0 aliphatic heterocycles. The van der Waals surface area contributed by atoms with Gasteiger partial charge in [-0.1, -0.05) is 22.0 Å². The molecule has 5 heteroatoms. The van der Waals surface area contributed by atoms with Crippen LogP contribution in [0.2, 0.25) is 0 Å². The van der Waals surface area contributed by atoms with Crippen LogP contribution in [0.15, 0.2) is 22.7 Å². The first kappa shape index (κ1) is 8.99. The molecule has 0 atom stereocenters. The molecule has 0 amide bonds. The van der Waals surface area contributed by atoms with E-state index in [9.17, 15) is 10.1 Å². The highest BCUT2D eigenvalue weighted by Gasteiger charge is 2.00. The fourth-order valence-electron chi connectivity index (χ4n) is 0.716. The molecule has 0 aliphatic rings. The molecular formula is C7H6BrNO3. The summed E-state index contributed by atoms with van der Waals surface area (Å²) >= 11 is 3.23. The molecule has 0 unspecified atom stereocenters. The van der Waals surface area contributed by atoms with Gasteiger partial charge in [-0.25, -0.2) is 0 Å². The Bertz CT molecular complexity index is 314. The van der Waals surface area contributed by atoms with Gasteiger partial charge in [0.05, 0.1) is 0 Å². The molecule has 0 saturated carbocycles. The molecule has 0 aliphatic carbocycles. The number of hydrogen-bond donors (Lipinski definition) is 0. The van der Waals surface area contributed by atoms with Crippen molar-refractivity contribution in [3.63, 3.8) is 0 Å². The van der Waals surface area contributed by atoms with Crippen LogP contribution >= 0.6 is 15.9 Å². The van der Waals surface area contributed by atoms with Gasteiger partial charge in [0.2, 0.25) is 0 Å². The molecule has 0 heterocycles. The molecule has 1 rings (SSSR count). The van der Waals surface area contributed by atoms with E-state index in [1.54, 1.807) is 18.2 Å². The van der Waals surface area contributed by atoms with Crippen LogP contribution in [0.5, 0.6) is 5.75 Å². The summed E-state index contributed by atoms with van der Waals surface area (Å²) in [5, 5.41) is 9.10. The number of halogens is 1. The number of rotatable bonds is 2. The lowest BCUT2D eigenvalue weighted by Crippen LogP contribution is -2.03. The molecular weight excluding hydrogens is 226 g/mol. The minimum Gasteiger partial charge on any atom is -0.276 e. The SMILES string of the molecule is Cc1ccc(O[N+](=O)[O-])cc1Br. The summed E-state index contributed by atoms with van der Waals surface area (Å²) in [5.74, 6) is 0.220. The van der Waals surface area contributed by atoms with E-state index in [0.717, 1.165) is 10.0 Å². The van der Waals surface area contributed by atoms with E-state index in [1.165, 1.54) is 0 Å². The lowest BCUT2D eigenvalue weighted by Gasteiger charge is -2.00. The summed E-state index contributed by atoms with van der Waals surface area (Å²) in [6, 6.07) is 4.84. The van der Waals surface area contributed by atoms with Gasteiger partial charge in [-0.2, -0.15) is 0 Å². The summed E-state index contributed by atoms with van der Waals surface area (Å²) in [6.45, 7) is 1.89. The van der Waals surface area contributed by atoms with E-state index >= 15 is 0 Å². The predicted molar refractivity (Wildman–Crippen MR) is 46.5 cm³/mol. The largest absolute Gasteiger partial charge is 0.299 e. The lowest BCUT2D eigenvalue weighted by molar-refractivity contribution is -0.711. The highest BCUT2D eigenvalue weighted by molar-refractivity contribution is 9.10. The van der Waals surface area contributed by atoms with Crippen LogP contribution in [0, 0.1) is 17.0 Å². The number of benzene rings is 1. The van der Waals surface area contributed by atoms with Gasteiger partial charge in [-0.15, -0.1) is 10.1 Å². The summed E-state index contributed by atoms with van der Waals surface area (Å²) in [4.78, 5) is 14.2. The molecule has 0 spiro atoms. The van der Waals surface area contributed by atoms with Crippen molar-refractivity contribution in [3.8, 4) is 5.75 Å². The van der Waals surface area contributed by atoms with Crippen molar-refractivity contribution < 1.29 is 9.92 Å². The van der Waals surface area contributed by atoms with Gasteiger partial charge in [-0.05, 0) is 24.6 Å². The Labute approximate surface area is 77.4 Å². The van der Waals surface area contributed by atoms with Gasteiger partial charge < -0.3 is 0 Å². The van der Waals surface area contributed by atoms with E-state index < -0.39 is 5.09 Å². The van der Waals surface area contributed by atoms with Crippen molar-refractivity contribution in [2.24, 2.45) is 0 Å². The van der Waals surface area contributed by atoms with Crippen LogP contribution in [0.4, 0.5) is 0 Å². The molecule has 1 aromatic rings. The summed E-state index contributed by atoms with van der Waals surface area (Å²) in [7, 11) is 0. The van der Waals surface area contributed by atoms with Crippen LogP contribution in [0.25, 0.3) is 0 Å². The highest BCUT2D eigenvalue weighted by Crippen LogP contribution is 2.21. The van der Waals surface area contributed by atoms with E-state index in [1.807, 2.05) is 6.92 Å². The van der Waals surface area contributed by atoms with Crippen molar-refractivity contribution in [2.75, 3.05) is 0 Å². The predicted octanol–water partition coefficient (Wildman–Crippen LogP) is 2.33. The fraction of sp³-hybridized carbons (Fsp3) is 0.143. The summed E-state index contributed by atoms with van der Waals surface area (Å²) in [5.41, 5.74) is 1.01. The van der Waals surface area contributed by atoms with E-state index in [-0.39, 0.29) is 5.75 Å². The molecule has 0 fully saturated rings. The van der Waals surface area contributed by atoms with Gasteiger partial charge in [0.25, 0.3) is 5.09 Å². The van der Waals surface area contributed by atoms with Gasteiger partial charge in [0.1, 0.15) is 5.75 Å². The van der Waals surface area contributed by atoms with Gasteiger partial charge in [0, 0.05) is 4.47 Å². The topological polar surface area (TPSA) is 52.4 Å². The van der Waals surface area contributed by atoms with Crippen LogP contribution in [-0.2, 0) is 0 Å². The third-order valence-electron chi connectivity index (χ3n) is 1.32. The van der Waals surface area contributed by atoms with Crippen LogP contribution in [0.3, 0.4) is 0 Å². The first-order valence-electron chi connectivity index (χ1n) is 3.18. The van der Waals surface area contributed by atoms with Crippen LogP contribution in [-0.4, -0.2) is 5.09 Å². The zero-order chi connectivity index (χ0) is 9.14. The molecule has 0 radical (unpaired) electrons. The number of aryl methyl sites for hydroxylation is 1. The second kappa shape index (κ2) is 3.53. The average Bonchev–Trinajstić information content (AvgIpc) is 1.96. The zero-order valence-electron chi connectivity index (χ0n) is 6.28. The maximum atomic E-state index is 9.93. The molecule has 0 aromatic heterocycles. The fourth-order valence-corrected chi connectivity index (χ4v) is 1.07. The Morgan fingerprint density at radius 2 is 2.25 bits per heavy atom. The second-order valence-corrected chi connectivity index (χ2v) is 3.08. The quantitative estimate of drug-likeness (QED) is 0.580. The summed E-state index contributed by atoms with van der Waals surface area (Å²) in [6.07, 6.45) is 0. The Kier molecular flexibility index (Phi) is 2.65. The number of hydrogen-bond acceptors (Lipinski definition) is 3. The smallest absolute Gasteiger partial charge is 0.276 e. The van der Waals surface area contributed by atoms with Crippen molar-refractivity contribution in [1.82, 2.24) is 0 Å². The average molecular weight is 232 g/mol. The highest BCUT2D eigenvalue weighted by atomic mass is 79.9. The minimum absolute atomic E-state index is 0.220. The van der Waals surface area contributed by atoms with Gasteiger partial charge >= 0.3 is 0 Å². The van der Waals surface area contributed by atoms with E-state index in [4.69, 9.17) is 0 Å². The molecule has 12 heavy (non-hydrogen) atoms. The van der Waals surface area contributed by atoms with Gasteiger partial charge in [-0.3, -0.25) is 4.84 Å². The van der Waals surface area contributed by atoms with Gasteiger partial charge in [0.15, 0.2) is 0 Å². The Morgan fingerprint density at radius 3 is 2.75 bits per heavy atom. The molecule has 64 valence electrons. The van der Waals surface area contributed by atoms with Crippen molar-refractivity contribution >= 4 is 15.9 Å². The van der Waals surface area contributed by atoms with Crippen molar-refractivity contribution in [3.05, 3.63) is 38.3 Å². The first-order valence-corrected chi connectivity index (χ1v) is 3.97. The van der Waals surface area contributed by atoms with Crippen LogP contribution in [0.1, 0.15) is 5.56 Å². The third kappa shape index (κ3) is 2.20. The molecule has 0 N–H and O–H groups in total. The summed E-state index contributed by atoms with van der Waals surface area (Å²) < 4.78 is 0.793. The normalized spacial score (nSPS) is 9.50. The second-order valence-electron chi connectivity index (χ2n) is 2.23. The van der Waals surface area contributed by atoms with Crippen molar-refractivity contribution in [1.29, 1.82) is 0 Å². The number of nitrogens with zero attached hydrogens (tertiary/aromatic N) is 1.